The standard InChI is InChI=1S/C7H14O2Si/c1-2-7(8)9-5-3-4-6-10/h2H,1,3-6H2,10H3. The molecule has 0 atom stereocenters. The van der Waals surface area contributed by atoms with Gasteiger partial charge in [0.15, 0.2) is 0 Å². The third kappa shape index (κ3) is 5.56. The van der Waals surface area contributed by atoms with Crippen molar-refractivity contribution in [1.29, 1.82) is 0 Å². The lowest BCUT2D eigenvalue weighted by Crippen LogP contribution is -2.01. The van der Waals surface area contributed by atoms with Crippen LogP contribution in [0.2, 0.25) is 6.04 Å². The molecule has 0 aromatic rings. The lowest BCUT2D eigenvalue weighted by atomic mass is 10.4. The van der Waals surface area contributed by atoms with E-state index < -0.39 is 0 Å². The van der Waals surface area contributed by atoms with Gasteiger partial charge in [-0.3, -0.25) is 0 Å². The second kappa shape index (κ2) is 6.55. The zero-order chi connectivity index (χ0) is 7.82. The maximum absolute atomic E-state index is 10.4. The monoisotopic (exact) mass is 158 g/mol. The van der Waals surface area contributed by atoms with E-state index in [-0.39, 0.29) is 5.97 Å². The molecule has 0 aromatic carbocycles. The second-order valence-electron chi connectivity index (χ2n) is 2.08. The van der Waals surface area contributed by atoms with Crippen molar-refractivity contribution in [3.8, 4) is 0 Å². The Kier molecular flexibility index (Phi) is 6.17. The van der Waals surface area contributed by atoms with Gasteiger partial charge >= 0.3 is 5.97 Å². The van der Waals surface area contributed by atoms with Gasteiger partial charge in [-0.05, 0) is 6.42 Å². The number of unbranched alkanes of at least 4 members (excludes halogenated alkanes) is 1. The van der Waals surface area contributed by atoms with Gasteiger partial charge in [-0.15, -0.1) is 0 Å². The number of hydrogen-bond donors (Lipinski definition) is 0. The van der Waals surface area contributed by atoms with Crippen LogP contribution < -0.4 is 0 Å². The molecule has 0 rings (SSSR count). The van der Waals surface area contributed by atoms with Gasteiger partial charge in [0.25, 0.3) is 0 Å². The zero-order valence-electron chi connectivity index (χ0n) is 6.43. The molecule has 3 heteroatoms. The summed E-state index contributed by atoms with van der Waals surface area (Å²) in [6.45, 7) is 3.84. The molecule has 0 aliphatic heterocycles. The van der Waals surface area contributed by atoms with E-state index in [1.807, 2.05) is 0 Å². The molecule has 10 heavy (non-hydrogen) atoms. The van der Waals surface area contributed by atoms with E-state index in [9.17, 15) is 4.79 Å². The maximum atomic E-state index is 10.4. The fourth-order valence-electron chi connectivity index (χ4n) is 0.584. The molecule has 0 saturated carbocycles. The maximum Gasteiger partial charge on any atom is 0.330 e. The van der Waals surface area contributed by atoms with E-state index in [1.165, 1.54) is 28.8 Å². The van der Waals surface area contributed by atoms with Gasteiger partial charge in [0.2, 0.25) is 0 Å². The molecule has 0 fully saturated rings. The van der Waals surface area contributed by atoms with Crippen molar-refractivity contribution >= 4 is 16.2 Å². The van der Waals surface area contributed by atoms with E-state index in [0.29, 0.717) is 6.61 Å². The molecule has 0 aliphatic rings. The highest BCUT2D eigenvalue weighted by molar-refractivity contribution is 6.08. The van der Waals surface area contributed by atoms with Crippen LogP contribution in [0.15, 0.2) is 12.7 Å². The summed E-state index contributed by atoms with van der Waals surface area (Å²) in [5.41, 5.74) is 0. The zero-order valence-corrected chi connectivity index (χ0v) is 8.43. The predicted octanol–water partition coefficient (Wildman–Crippen LogP) is 0.279. The Morgan fingerprint density at radius 2 is 2.30 bits per heavy atom. The van der Waals surface area contributed by atoms with Crippen molar-refractivity contribution in [2.45, 2.75) is 18.9 Å². The average Bonchev–Trinajstić information content (AvgIpc) is 1.98. The second-order valence-corrected chi connectivity index (χ2v) is 3.08. The topological polar surface area (TPSA) is 26.3 Å². The Labute approximate surface area is 64.7 Å². The molecule has 0 aromatic heterocycles. The molecular weight excluding hydrogens is 144 g/mol. The number of carbonyl (C=O) groups excluding carboxylic acids is 1. The molecule has 0 bridgehead atoms. The molecule has 0 unspecified atom stereocenters. The molecule has 0 N–H and O–H groups in total. The molecule has 2 nitrogen and oxygen atoms in total. The molecule has 58 valence electrons. The molecule has 0 saturated heterocycles. The van der Waals surface area contributed by atoms with Gasteiger partial charge in [0.05, 0.1) is 6.61 Å². The molecule has 0 radical (unpaired) electrons. The Balaban J connectivity index is 3.03. The summed E-state index contributed by atoms with van der Waals surface area (Å²) in [6.07, 6.45) is 3.36. The predicted molar refractivity (Wildman–Crippen MR) is 45.1 cm³/mol. The number of rotatable bonds is 5. The summed E-state index contributed by atoms with van der Waals surface area (Å²) in [7, 11) is 1.24. The molecular formula is C7H14O2Si. The first kappa shape index (κ1) is 9.43. The average molecular weight is 158 g/mol. The van der Waals surface area contributed by atoms with Crippen molar-refractivity contribution in [2.24, 2.45) is 0 Å². The molecule has 0 heterocycles. The molecule has 0 spiro atoms. The fraction of sp³-hybridized carbons (Fsp3) is 0.571. The lowest BCUT2D eigenvalue weighted by molar-refractivity contribution is -0.137. The van der Waals surface area contributed by atoms with Gasteiger partial charge < -0.3 is 4.74 Å². The quantitative estimate of drug-likeness (QED) is 0.249. The smallest absolute Gasteiger partial charge is 0.330 e. The highest BCUT2D eigenvalue weighted by Crippen LogP contribution is 1.93. The minimum absolute atomic E-state index is 0.312. The third-order valence-electron chi connectivity index (χ3n) is 1.16. The lowest BCUT2D eigenvalue weighted by Gasteiger charge is -1.98. The van der Waals surface area contributed by atoms with Gasteiger partial charge in [-0.25, -0.2) is 4.79 Å². The summed E-state index contributed by atoms with van der Waals surface area (Å²) < 4.78 is 4.75. The minimum Gasteiger partial charge on any atom is -0.463 e. The highest BCUT2D eigenvalue weighted by atomic mass is 28.1. The van der Waals surface area contributed by atoms with E-state index in [1.54, 1.807) is 0 Å². The summed E-state index contributed by atoms with van der Waals surface area (Å²) in [5.74, 6) is -0.312. The van der Waals surface area contributed by atoms with Crippen molar-refractivity contribution in [1.82, 2.24) is 0 Å². The van der Waals surface area contributed by atoms with Crippen molar-refractivity contribution < 1.29 is 9.53 Å². The first-order valence-corrected chi connectivity index (χ1v) is 5.02. The Bertz CT molecular complexity index is 112. The summed E-state index contributed by atoms with van der Waals surface area (Å²) in [5, 5.41) is 0. The third-order valence-corrected chi connectivity index (χ3v) is 1.87. The normalized spacial score (nSPS) is 9.20. The van der Waals surface area contributed by atoms with Crippen LogP contribution in [0.25, 0.3) is 0 Å². The van der Waals surface area contributed by atoms with E-state index >= 15 is 0 Å². The van der Waals surface area contributed by atoms with Crippen molar-refractivity contribution in [3.05, 3.63) is 12.7 Å². The molecule has 0 amide bonds. The van der Waals surface area contributed by atoms with Gasteiger partial charge in [0.1, 0.15) is 0 Å². The Hall–Kier alpha value is -0.573. The minimum atomic E-state index is -0.312. The van der Waals surface area contributed by atoms with Gasteiger partial charge in [-0.2, -0.15) is 0 Å². The largest absolute Gasteiger partial charge is 0.463 e. The number of esters is 1. The van der Waals surface area contributed by atoms with Crippen molar-refractivity contribution in [3.63, 3.8) is 0 Å². The van der Waals surface area contributed by atoms with Crippen LogP contribution in [0.4, 0.5) is 0 Å². The number of carbonyl (C=O) groups is 1. The number of hydrogen-bond acceptors (Lipinski definition) is 2. The van der Waals surface area contributed by atoms with Crippen LogP contribution in [0.1, 0.15) is 12.8 Å². The van der Waals surface area contributed by atoms with Crippen LogP contribution in [0.5, 0.6) is 0 Å². The van der Waals surface area contributed by atoms with Crippen molar-refractivity contribution in [2.75, 3.05) is 6.61 Å². The van der Waals surface area contributed by atoms with Crippen LogP contribution in [-0.4, -0.2) is 22.8 Å². The van der Waals surface area contributed by atoms with Crippen LogP contribution >= 0.6 is 0 Å². The van der Waals surface area contributed by atoms with E-state index in [2.05, 4.69) is 6.58 Å². The van der Waals surface area contributed by atoms with Crippen LogP contribution in [0.3, 0.4) is 0 Å². The Morgan fingerprint density at radius 3 is 2.80 bits per heavy atom. The van der Waals surface area contributed by atoms with Gasteiger partial charge in [0, 0.05) is 16.3 Å². The molecule has 0 aliphatic carbocycles. The summed E-state index contributed by atoms with van der Waals surface area (Å²) >= 11 is 0. The number of ether oxygens (including phenoxy) is 1. The van der Waals surface area contributed by atoms with E-state index in [0.717, 1.165) is 6.42 Å². The summed E-state index contributed by atoms with van der Waals surface area (Å²) in [6, 6.07) is 1.28. The summed E-state index contributed by atoms with van der Waals surface area (Å²) in [4.78, 5) is 10.4. The van der Waals surface area contributed by atoms with E-state index in [4.69, 9.17) is 4.74 Å². The van der Waals surface area contributed by atoms with Gasteiger partial charge in [-0.1, -0.05) is 19.0 Å². The van der Waals surface area contributed by atoms with Crippen LogP contribution in [-0.2, 0) is 9.53 Å². The Morgan fingerprint density at radius 1 is 1.60 bits per heavy atom. The SMILES string of the molecule is C=CC(=O)OCCCC[SiH3]. The highest BCUT2D eigenvalue weighted by Gasteiger charge is 1.92. The van der Waals surface area contributed by atoms with Crippen LogP contribution in [0, 0.1) is 0 Å². The fourth-order valence-corrected chi connectivity index (χ4v) is 1.08. The first-order valence-electron chi connectivity index (χ1n) is 3.60. The first-order chi connectivity index (χ1) is 4.81.